The molecule has 18 heavy (non-hydrogen) atoms. The Morgan fingerprint density at radius 1 is 1.33 bits per heavy atom. The molecular formula is C13H11ClN2OS. The molecule has 0 aliphatic rings. The minimum atomic E-state index is -0.417. The Morgan fingerprint density at radius 2 is 2.17 bits per heavy atom. The average Bonchev–Trinajstić information content (AvgIpc) is 2.85. The zero-order valence-electron chi connectivity index (χ0n) is 9.47. The van der Waals surface area contributed by atoms with Gasteiger partial charge in [-0.25, -0.2) is 9.79 Å². The van der Waals surface area contributed by atoms with Gasteiger partial charge in [0.15, 0.2) is 0 Å². The summed E-state index contributed by atoms with van der Waals surface area (Å²) in [6, 6.07) is 10.6. The van der Waals surface area contributed by atoms with Crippen LogP contribution in [0.5, 0.6) is 0 Å². The lowest BCUT2D eigenvalue weighted by Crippen LogP contribution is -2.07. The van der Waals surface area contributed by atoms with E-state index in [9.17, 15) is 4.79 Å². The molecule has 1 aromatic heterocycles. The van der Waals surface area contributed by atoms with Crippen LogP contribution in [-0.4, -0.2) is 12.2 Å². The average molecular weight is 279 g/mol. The van der Waals surface area contributed by atoms with Crippen molar-refractivity contribution in [2.24, 2.45) is 4.99 Å². The Balaban J connectivity index is 1.89. The van der Waals surface area contributed by atoms with Crippen LogP contribution in [0.3, 0.4) is 0 Å². The Hall–Kier alpha value is -1.65. The third-order valence-electron chi connectivity index (χ3n) is 2.20. The zero-order chi connectivity index (χ0) is 12.8. The summed E-state index contributed by atoms with van der Waals surface area (Å²) >= 11 is 7.56. The number of halogens is 1. The maximum Gasteiger partial charge on any atom is 0.345 e. The number of carbonyl (C=O) groups excluding carboxylic acids is 1. The summed E-state index contributed by atoms with van der Waals surface area (Å²) < 4.78 is 0. The molecule has 0 aliphatic heterocycles. The van der Waals surface area contributed by atoms with Crippen LogP contribution in [-0.2, 0) is 6.42 Å². The van der Waals surface area contributed by atoms with Crippen molar-refractivity contribution in [1.82, 2.24) is 0 Å². The molecule has 0 bridgehead atoms. The summed E-state index contributed by atoms with van der Waals surface area (Å²) in [6.45, 7) is 0. The summed E-state index contributed by atoms with van der Waals surface area (Å²) in [5.41, 5.74) is 0.567. The summed E-state index contributed by atoms with van der Waals surface area (Å²) in [4.78, 5) is 16.5. The fraction of sp³-hybridized carbons (Fsp3) is 0.0769. The van der Waals surface area contributed by atoms with E-state index in [1.807, 2.05) is 17.5 Å². The van der Waals surface area contributed by atoms with Gasteiger partial charge in [0.05, 0.1) is 10.7 Å². The second-order valence-corrected chi connectivity index (χ2v) is 4.94. The lowest BCUT2D eigenvalue weighted by molar-refractivity contribution is 0.259. The van der Waals surface area contributed by atoms with E-state index in [-0.39, 0.29) is 0 Å². The van der Waals surface area contributed by atoms with Crippen LogP contribution in [0.25, 0.3) is 0 Å². The van der Waals surface area contributed by atoms with Gasteiger partial charge in [-0.3, -0.25) is 0 Å². The van der Waals surface area contributed by atoms with Gasteiger partial charge in [0, 0.05) is 17.5 Å². The number of hydrogen-bond acceptors (Lipinski definition) is 2. The maximum absolute atomic E-state index is 11.5. The molecule has 0 saturated heterocycles. The van der Waals surface area contributed by atoms with Gasteiger partial charge >= 0.3 is 6.03 Å². The third-order valence-corrected chi connectivity index (χ3v) is 3.42. The molecule has 3 nitrogen and oxygen atoms in total. The normalized spacial score (nSPS) is 10.7. The minimum absolute atomic E-state index is 0.417. The van der Waals surface area contributed by atoms with Crippen LogP contribution in [0, 0.1) is 0 Å². The molecule has 2 amide bonds. The van der Waals surface area contributed by atoms with E-state index in [0.717, 1.165) is 0 Å². The van der Waals surface area contributed by atoms with Gasteiger partial charge in [-0.05, 0) is 23.6 Å². The molecule has 0 unspecified atom stereocenters. The standard InChI is InChI=1S/C13H11ClN2OS/c14-11-5-1-2-6-12(11)16-13(17)15-8-7-10-4-3-9-18-10/h1-6,8-9H,7H2,(H,16,17). The van der Waals surface area contributed by atoms with Gasteiger partial charge in [0.2, 0.25) is 0 Å². The zero-order valence-corrected chi connectivity index (χ0v) is 11.0. The van der Waals surface area contributed by atoms with Gasteiger partial charge in [0.25, 0.3) is 0 Å². The molecule has 0 spiro atoms. The minimum Gasteiger partial charge on any atom is -0.305 e. The first-order valence-electron chi connectivity index (χ1n) is 5.36. The van der Waals surface area contributed by atoms with E-state index in [0.29, 0.717) is 17.1 Å². The van der Waals surface area contributed by atoms with E-state index < -0.39 is 6.03 Å². The van der Waals surface area contributed by atoms with Crippen molar-refractivity contribution in [3.05, 3.63) is 51.7 Å². The Labute approximate surface area is 114 Å². The lowest BCUT2D eigenvalue weighted by Gasteiger charge is -2.02. The number of nitrogens with one attached hydrogen (secondary N) is 1. The van der Waals surface area contributed by atoms with Crippen molar-refractivity contribution < 1.29 is 4.79 Å². The van der Waals surface area contributed by atoms with Crippen LogP contribution in [0.1, 0.15) is 4.88 Å². The smallest absolute Gasteiger partial charge is 0.305 e. The van der Waals surface area contributed by atoms with Crippen LogP contribution in [0.4, 0.5) is 10.5 Å². The number of para-hydroxylation sites is 1. The highest BCUT2D eigenvalue weighted by Crippen LogP contribution is 2.20. The fourth-order valence-corrected chi connectivity index (χ4v) is 2.20. The Morgan fingerprint density at radius 3 is 2.89 bits per heavy atom. The van der Waals surface area contributed by atoms with Gasteiger partial charge in [-0.2, -0.15) is 0 Å². The van der Waals surface area contributed by atoms with Gasteiger partial charge in [-0.1, -0.05) is 29.8 Å². The van der Waals surface area contributed by atoms with E-state index in [1.54, 1.807) is 41.8 Å². The molecule has 0 saturated carbocycles. The van der Waals surface area contributed by atoms with Crippen molar-refractivity contribution in [3.8, 4) is 0 Å². The van der Waals surface area contributed by atoms with Gasteiger partial charge in [-0.15, -0.1) is 11.3 Å². The SMILES string of the molecule is O=C(N=CCc1cccs1)Nc1ccccc1Cl. The fourth-order valence-electron chi connectivity index (χ4n) is 1.36. The van der Waals surface area contributed by atoms with Crippen molar-refractivity contribution in [3.63, 3.8) is 0 Å². The van der Waals surface area contributed by atoms with Crippen LogP contribution in [0.2, 0.25) is 5.02 Å². The molecule has 2 aromatic rings. The van der Waals surface area contributed by atoms with Crippen molar-refractivity contribution in [2.75, 3.05) is 5.32 Å². The molecule has 1 aromatic carbocycles. The molecule has 0 radical (unpaired) electrons. The molecule has 1 N–H and O–H groups in total. The largest absolute Gasteiger partial charge is 0.345 e. The number of carbonyl (C=O) groups is 1. The second kappa shape index (κ2) is 6.33. The highest BCUT2D eigenvalue weighted by molar-refractivity contribution is 7.10. The molecular weight excluding hydrogens is 268 g/mol. The predicted molar refractivity (Wildman–Crippen MR) is 77.0 cm³/mol. The molecule has 5 heteroatoms. The number of thiophene rings is 1. The molecule has 92 valence electrons. The third kappa shape index (κ3) is 3.68. The van der Waals surface area contributed by atoms with E-state index >= 15 is 0 Å². The molecule has 0 atom stereocenters. The predicted octanol–water partition coefficient (Wildman–Crippen LogP) is 4.25. The van der Waals surface area contributed by atoms with Crippen LogP contribution < -0.4 is 5.32 Å². The lowest BCUT2D eigenvalue weighted by atomic mass is 10.3. The van der Waals surface area contributed by atoms with E-state index in [4.69, 9.17) is 11.6 Å². The highest BCUT2D eigenvalue weighted by Gasteiger charge is 2.02. The number of nitrogens with zero attached hydrogens (tertiary/aromatic N) is 1. The van der Waals surface area contributed by atoms with E-state index in [1.165, 1.54) is 4.88 Å². The molecule has 2 rings (SSSR count). The number of amides is 2. The number of benzene rings is 1. The topological polar surface area (TPSA) is 41.5 Å². The molecule has 0 aliphatic carbocycles. The number of aliphatic imine (C=N–C) groups is 1. The first-order chi connectivity index (χ1) is 8.75. The van der Waals surface area contributed by atoms with Gasteiger partial charge < -0.3 is 5.32 Å². The van der Waals surface area contributed by atoms with Crippen molar-refractivity contribution in [1.29, 1.82) is 0 Å². The van der Waals surface area contributed by atoms with E-state index in [2.05, 4.69) is 10.3 Å². The van der Waals surface area contributed by atoms with Crippen molar-refractivity contribution >= 4 is 40.9 Å². The van der Waals surface area contributed by atoms with Crippen molar-refractivity contribution in [2.45, 2.75) is 6.42 Å². The summed E-state index contributed by atoms with van der Waals surface area (Å²) in [7, 11) is 0. The highest BCUT2D eigenvalue weighted by atomic mass is 35.5. The Kier molecular flexibility index (Phi) is 4.50. The van der Waals surface area contributed by atoms with Gasteiger partial charge in [0.1, 0.15) is 0 Å². The number of anilines is 1. The Bertz CT molecular complexity index is 552. The number of hydrogen-bond donors (Lipinski definition) is 1. The molecule has 1 heterocycles. The summed E-state index contributed by atoms with van der Waals surface area (Å²) in [5.74, 6) is 0. The maximum atomic E-state index is 11.5. The quantitative estimate of drug-likeness (QED) is 0.838. The van der Waals surface area contributed by atoms with Crippen LogP contribution in [0.15, 0.2) is 46.8 Å². The second-order valence-electron chi connectivity index (χ2n) is 3.51. The number of urea groups is 1. The first kappa shape index (κ1) is 12.8. The molecule has 0 fully saturated rings. The first-order valence-corrected chi connectivity index (χ1v) is 6.62. The van der Waals surface area contributed by atoms with Crippen LogP contribution >= 0.6 is 22.9 Å². The monoisotopic (exact) mass is 278 g/mol. The summed E-state index contributed by atoms with van der Waals surface area (Å²) in [5, 5.41) is 5.12. The number of rotatable bonds is 3. The summed E-state index contributed by atoms with van der Waals surface area (Å²) in [6.07, 6.45) is 2.26.